The monoisotopic (exact) mass is 412 g/mol. The molecule has 2 N–H and O–H groups in total. The van der Waals surface area contributed by atoms with E-state index in [4.69, 9.17) is 4.99 Å². The Bertz CT molecular complexity index is 1240. The number of rotatable bonds is 4. The molecule has 0 radical (unpaired) electrons. The minimum atomic E-state index is -0.174. The zero-order valence-corrected chi connectivity index (χ0v) is 16.6. The number of hydrogen-bond acceptors (Lipinski definition) is 6. The summed E-state index contributed by atoms with van der Waals surface area (Å²) in [5.41, 5.74) is 4.52. The Labute approximate surface area is 176 Å². The summed E-state index contributed by atoms with van der Waals surface area (Å²) in [6.07, 6.45) is 1.71. The van der Waals surface area contributed by atoms with Gasteiger partial charge in [-0.25, -0.2) is 4.99 Å². The van der Waals surface area contributed by atoms with E-state index in [2.05, 4.69) is 25.7 Å². The largest absolute Gasteiger partial charge is 0.346 e. The van der Waals surface area contributed by atoms with Crippen molar-refractivity contribution in [3.8, 4) is 0 Å². The first kappa shape index (κ1) is 18.3. The first-order chi connectivity index (χ1) is 14.8. The second kappa shape index (κ2) is 7.92. The summed E-state index contributed by atoms with van der Waals surface area (Å²) >= 11 is 1.48. The molecule has 0 saturated carbocycles. The average Bonchev–Trinajstić information content (AvgIpc) is 3.19. The zero-order chi connectivity index (χ0) is 20.3. The number of H-pyrrole nitrogens is 1. The average molecular weight is 412 g/mol. The summed E-state index contributed by atoms with van der Waals surface area (Å²) in [6, 6.07) is 21.0. The molecule has 0 spiro atoms. The van der Waals surface area contributed by atoms with E-state index in [1.54, 1.807) is 18.3 Å². The summed E-state index contributed by atoms with van der Waals surface area (Å²) in [5.74, 6) is -0.174. The predicted octanol–water partition coefficient (Wildman–Crippen LogP) is 3.76. The Morgan fingerprint density at radius 1 is 1.03 bits per heavy atom. The van der Waals surface area contributed by atoms with Gasteiger partial charge < -0.3 is 5.32 Å². The van der Waals surface area contributed by atoms with Gasteiger partial charge in [-0.2, -0.15) is 0 Å². The van der Waals surface area contributed by atoms with E-state index in [0.717, 1.165) is 38.3 Å². The number of aromatic nitrogens is 4. The molecule has 0 bridgehead atoms. The summed E-state index contributed by atoms with van der Waals surface area (Å²) in [5, 5.41) is 14.8. The molecule has 8 heteroatoms. The lowest BCUT2D eigenvalue weighted by molar-refractivity contribution is 0.0950. The summed E-state index contributed by atoms with van der Waals surface area (Å²) in [7, 11) is 0. The Hall–Kier alpha value is -3.78. The lowest BCUT2D eigenvalue weighted by Gasteiger charge is -2.08. The molecule has 1 aliphatic heterocycles. The zero-order valence-electron chi connectivity index (χ0n) is 15.7. The van der Waals surface area contributed by atoms with E-state index in [9.17, 15) is 4.79 Å². The molecule has 2 aromatic carbocycles. The van der Waals surface area contributed by atoms with Gasteiger partial charge in [0.2, 0.25) is 0 Å². The normalized spacial score (nSPS) is 12.3. The molecule has 0 atom stereocenters. The van der Waals surface area contributed by atoms with Gasteiger partial charge in [-0.05, 0) is 30.3 Å². The number of pyridine rings is 1. The fourth-order valence-electron chi connectivity index (χ4n) is 3.14. The van der Waals surface area contributed by atoms with Crippen molar-refractivity contribution in [3.05, 3.63) is 95.4 Å². The maximum atomic E-state index is 12.7. The number of benzene rings is 2. The molecule has 0 saturated heterocycles. The molecule has 3 heterocycles. The van der Waals surface area contributed by atoms with Crippen LogP contribution in [0.4, 0.5) is 5.69 Å². The number of carbonyl (C=O) groups excluding carboxylic acids is 1. The van der Waals surface area contributed by atoms with E-state index in [1.807, 2.05) is 54.6 Å². The number of fused-ring (bicyclic) bond motifs is 2. The van der Waals surface area contributed by atoms with Crippen LogP contribution in [0.3, 0.4) is 0 Å². The molecule has 0 aliphatic carbocycles. The number of hydrogen-bond donors (Lipinski definition) is 2. The lowest BCUT2D eigenvalue weighted by Crippen LogP contribution is -2.23. The quantitative estimate of drug-likeness (QED) is 0.469. The molecule has 0 unspecified atom stereocenters. The highest BCUT2D eigenvalue weighted by molar-refractivity contribution is 7.99. The van der Waals surface area contributed by atoms with E-state index >= 15 is 0 Å². The molecule has 1 amide bonds. The number of nitrogens with one attached hydrogen (secondary N) is 2. The van der Waals surface area contributed by atoms with E-state index in [-0.39, 0.29) is 5.91 Å². The van der Waals surface area contributed by atoms with E-state index in [0.29, 0.717) is 12.1 Å². The molecule has 1 aliphatic rings. The second-order valence-electron chi connectivity index (χ2n) is 6.61. The third-order valence-electron chi connectivity index (χ3n) is 4.62. The summed E-state index contributed by atoms with van der Waals surface area (Å²) in [4.78, 5) is 22.7. The third kappa shape index (κ3) is 3.60. The Kier molecular flexibility index (Phi) is 4.82. The van der Waals surface area contributed by atoms with Crippen molar-refractivity contribution in [2.45, 2.75) is 16.5 Å². The smallest absolute Gasteiger partial charge is 0.251 e. The molecule has 5 rings (SSSR count). The Balaban J connectivity index is 1.49. The van der Waals surface area contributed by atoms with Gasteiger partial charge in [-0.3, -0.25) is 14.9 Å². The van der Waals surface area contributed by atoms with Crippen molar-refractivity contribution in [2.24, 2.45) is 4.99 Å². The van der Waals surface area contributed by atoms with Gasteiger partial charge >= 0.3 is 0 Å². The first-order valence-corrected chi connectivity index (χ1v) is 10.1. The molecule has 7 nitrogen and oxygen atoms in total. The SMILES string of the molecule is O=C(NCc1ccccn1)c1ccc2c(c1)N=C(c1ccccc1)c1[nH]nnc1S2. The second-order valence-corrected chi connectivity index (χ2v) is 7.64. The van der Waals surface area contributed by atoms with Gasteiger partial charge in [0.15, 0.2) is 5.03 Å². The standard InChI is InChI=1S/C22H16N6OS/c29-21(24-13-16-8-4-5-11-23-16)15-9-10-18-17(12-15)25-19(14-6-2-1-3-7-14)20-22(30-18)27-28-26-20/h1-12H,13H2,(H,24,29)(H,26,27,28). The highest BCUT2D eigenvalue weighted by atomic mass is 32.2. The highest BCUT2D eigenvalue weighted by Gasteiger charge is 2.22. The fourth-order valence-corrected chi connectivity index (χ4v) is 4.02. The van der Waals surface area contributed by atoms with Gasteiger partial charge in [0.1, 0.15) is 5.69 Å². The van der Waals surface area contributed by atoms with Crippen molar-refractivity contribution >= 4 is 29.1 Å². The molecular formula is C22H16N6OS. The van der Waals surface area contributed by atoms with Crippen LogP contribution >= 0.6 is 11.8 Å². The van der Waals surface area contributed by atoms with E-state index < -0.39 is 0 Å². The van der Waals surface area contributed by atoms with Crippen LogP contribution in [-0.2, 0) is 6.54 Å². The maximum absolute atomic E-state index is 12.7. The molecule has 146 valence electrons. The summed E-state index contributed by atoms with van der Waals surface area (Å²) < 4.78 is 0. The van der Waals surface area contributed by atoms with Crippen LogP contribution in [0, 0.1) is 0 Å². The number of amides is 1. The van der Waals surface area contributed by atoms with Gasteiger partial charge in [-0.15, -0.1) is 5.10 Å². The van der Waals surface area contributed by atoms with Crippen LogP contribution < -0.4 is 5.32 Å². The first-order valence-electron chi connectivity index (χ1n) is 9.33. The van der Waals surface area contributed by atoms with Gasteiger partial charge in [0.25, 0.3) is 5.91 Å². The highest BCUT2D eigenvalue weighted by Crippen LogP contribution is 2.40. The number of aromatic amines is 1. The van der Waals surface area contributed by atoms with E-state index in [1.165, 1.54) is 11.8 Å². The summed E-state index contributed by atoms with van der Waals surface area (Å²) in [6.45, 7) is 0.365. The van der Waals surface area contributed by atoms with Crippen molar-refractivity contribution < 1.29 is 4.79 Å². The van der Waals surface area contributed by atoms with Crippen molar-refractivity contribution in [1.29, 1.82) is 0 Å². The van der Waals surface area contributed by atoms with Crippen LogP contribution in [0.25, 0.3) is 0 Å². The third-order valence-corrected chi connectivity index (χ3v) is 5.66. The van der Waals surface area contributed by atoms with Crippen LogP contribution in [0.15, 0.2) is 87.8 Å². The van der Waals surface area contributed by atoms with Gasteiger partial charge in [-0.1, -0.05) is 53.4 Å². The maximum Gasteiger partial charge on any atom is 0.251 e. The minimum Gasteiger partial charge on any atom is -0.346 e. The predicted molar refractivity (Wildman–Crippen MR) is 114 cm³/mol. The van der Waals surface area contributed by atoms with Crippen LogP contribution in [0.2, 0.25) is 0 Å². The minimum absolute atomic E-state index is 0.174. The van der Waals surface area contributed by atoms with Crippen molar-refractivity contribution in [1.82, 2.24) is 25.7 Å². The van der Waals surface area contributed by atoms with Crippen LogP contribution in [0.1, 0.15) is 27.3 Å². The van der Waals surface area contributed by atoms with Crippen molar-refractivity contribution in [2.75, 3.05) is 0 Å². The van der Waals surface area contributed by atoms with Crippen LogP contribution in [-0.4, -0.2) is 32.0 Å². The molecule has 0 fully saturated rings. The number of nitrogens with zero attached hydrogens (tertiary/aromatic N) is 4. The van der Waals surface area contributed by atoms with Gasteiger partial charge in [0.05, 0.1) is 23.6 Å². The fraction of sp³-hybridized carbons (Fsp3) is 0.0455. The Morgan fingerprint density at radius 3 is 2.73 bits per heavy atom. The van der Waals surface area contributed by atoms with Gasteiger partial charge in [0, 0.05) is 22.2 Å². The van der Waals surface area contributed by atoms with Crippen molar-refractivity contribution in [3.63, 3.8) is 0 Å². The topological polar surface area (TPSA) is 95.9 Å². The molecule has 30 heavy (non-hydrogen) atoms. The van der Waals surface area contributed by atoms with Crippen LogP contribution in [0.5, 0.6) is 0 Å². The molecule has 2 aromatic heterocycles. The number of carbonyl (C=O) groups is 1. The number of aliphatic imine (C=N–C) groups is 1. The molecule has 4 aromatic rings. The Morgan fingerprint density at radius 2 is 1.90 bits per heavy atom. The molecular weight excluding hydrogens is 396 g/mol. The lowest BCUT2D eigenvalue weighted by atomic mass is 10.1.